The molecule has 9 N–H and O–H groups in total. The molecule has 30 heteroatoms. The molecule has 0 atom stereocenters. The highest BCUT2D eigenvalue weighted by molar-refractivity contribution is 7.91. The number of urea groups is 1. The number of sulfone groups is 1. The maximum Gasteiger partial charge on any atom is 0.397 e. The fourth-order valence-corrected chi connectivity index (χ4v) is 8.33. The van der Waals surface area contributed by atoms with Crippen molar-refractivity contribution < 1.29 is 69.3 Å². The fraction of sp³-hybridized carbons (Fsp3) is 0.0714. The summed E-state index contributed by atoms with van der Waals surface area (Å²) in [6.45, 7) is -0.841. The van der Waals surface area contributed by atoms with Gasteiger partial charge in [-0.2, -0.15) is 38.7 Å². The summed E-state index contributed by atoms with van der Waals surface area (Å²) in [4.78, 5) is 20.6. The molecule has 25 nitrogen and oxygen atoms in total. The van der Waals surface area contributed by atoms with Crippen LogP contribution in [-0.4, -0.2) is 93.6 Å². The summed E-state index contributed by atoms with van der Waals surface area (Å²) in [7, 11) is -24.4. The number of nitrogens with one attached hydrogen (secondary N) is 3. The first-order valence-corrected chi connectivity index (χ1v) is 22.5. The van der Waals surface area contributed by atoms with E-state index in [4.69, 9.17) is 10.3 Å². The summed E-state index contributed by atoms with van der Waals surface area (Å²) in [5.41, 5.74) is 4.54. The largest absolute Gasteiger partial charge is 0.397 e. The van der Waals surface area contributed by atoms with Gasteiger partial charge in [0.25, 0.3) is 30.4 Å². The third-order valence-corrected chi connectivity index (χ3v) is 12.0. The Bertz CT molecular complexity index is 3080. The van der Waals surface area contributed by atoms with Gasteiger partial charge in [0.15, 0.2) is 9.84 Å². The molecule has 5 aromatic rings. The highest BCUT2D eigenvalue weighted by atomic mass is 32.3. The van der Waals surface area contributed by atoms with Gasteiger partial charge >= 0.3 is 16.4 Å². The van der Waals surface area contributed by atoms with E-state index < -0.39 is 100 Å². The van der Waals surface area contributed by atoms with Crippen molar-refractivity contribution in [3.05, 3.63) is 73.1 Å². The Kier molecular flexibility index (Phi) is 12.1. The van der Waals surface area contributed by atoms with E-state index in [0.29, 0.717) is 18.2 Å². The van der Waals surface area contributed by atoms with Crippen molar-refractivity contribution in [1.29, 1.82) is 0 Å². The number of hydrogen-bond acceptors (Lipinski definition) is 19. The molecule has 0 saturated heterocycles. The van der Waals surface area contributed by atoms with Gasteiger partial charge in [-0.15, -0.1) is 10.2 Å². The van der Waals surface area contributed by atoms with Crippen molar-refractivity contribution >= 4 is 108 Å². The summed E-state index contributed by atoms with van der Waals surface area (Å²) in [5.74, 6) is -0.985. The Hall–Kier alpha value is -5.83. The number of azo groups is 1. The van der Waals surface area contributed by atoms with E-state index in [-0.39, 0.29) is 39.5 Å². The maximum atomic E-state index is 12.6. The van der Waals surface area contributed by atoms with Gasteiger partial charge in [-0.05, 0) is 66.0 Å². The second-order valence-corrected chi connectivity index (χ2v) is 18.7. The first-order chi connectivity index (χ1) is 26.8. The van der Waals surface area contributed by atoms with Gasteiger partial charge in [0, 0.05) is 16.8 Å². The summed E-state index contributed by atoms with van der Waals surface area (Å²) in [5, 5.41) is 14.5. The van der Waals surface area contributed by atoms with Crippen molar-refractivity contribution in [2.24, 2.45) is 16.0 Å². The van der Waals surface area contributed by atoms with Gasteiger partial charge in [0.05, 0.1) is 27.8 Å². The second-order valence-electron chi connectivity index (χ2n) is 11.3. The molecule has 0 aliphatic heterocycles. The molecule has 308 valence electrons. The van der Waals surface area contributed by atoms with Crippen molar-refractivity contribution in [2.75, 3.05) is 28.3 Å². The fourth-order valence-electron chi connectivity index (χ4n) is 4.82. The van der Waals surface area contributed by atoms with Crippen LogP contribution in [0, 0.1) is 0 Å². The van der Waals surface area contributed by atoms with E-state index >= 15 is 0 Å². The number of fused-ring (bicyclic) bond motifs is 1. The predicted octanol–water partition coefficient (Wildman–Crippen LogP) is 2.75. The maximum absolute atomic E-state index is 12.6. The molecule has 0 aliphatic rings. The minimum atomic E-state index is -5.22. The number of anilines is 5. The van der Waals surface area contributed by atoms with E-state index in [1.54, 1.807) is 0 Å². The van der Waals surface area contributed by atoms with E-state index in [2.05, 4.69) is 45.3 Å². The Morgan fingerprint density at radius 2 is 1.31 bits per heavy atom. The SMILES string of the molecule is NC(=O)Nc1cc(Nc2ncnc(Nc3cccc(S(=O)(=O)CCOS(=O)(=O)O)c3)n2)ccc1N=Nc1cc2c(S(=O)(=O)O)cc(S(=O)(=O)O)cc2cc1S(=O)(=O)O. The number of hydrogen-bond donors (Lipinski definition) is 8. The number of carbonyl (C=O) groups is 1. The summed E-state index contributed by atoms with van der Waals surface area (Å²) in [6, 6.07) is 10.4. The zero-order valence-corrected chi connectivity index (χ0v) is 32.5. The van der Waals surface area contributed by atoms with E-state index in [0.717, 1.165) is 12.4 Å². The number of carbonyl (C=O) groups excluding carboxylic acids is 1. The number of amides is 2. The molecule has 1 heterocycles. The Morgan fingerprint density at radius 3 is 1.90 bits per heavy atom. The third kappa shape index (κ3) is 11.2. The standard InChI is InChI=1S/C28H25N9O16S5/c29-26(38)34-22-11-17(33-28-31-14-30-27(35-28)32-16-2-1-3-18(10-16)54(39,40)7-6-53-58(50,51)52)4-5-21(22)36-37-23-13-20-15(9-25(23)57(47,48)49)8-19(55(41,42)43)12-24(20)56(44,45)46/h1-5,8-14H,6-7H2,(H3,29,34,38)(H,41,42,43)(H,44,45,46)(H,47,48,49)(H,50,51,52)(H2,30,31,32,33,35). The molecule has 0 unspecified atom stereocenters. The number of aromatic nitrogens is 3. The van der Waals surface area contributed by atoms with Crippen molar-refractivity contribution in [1.82, 2.24) is 15.0 Å². The summed E-state index contributed by atoms with van der Waals surface area (Å²) in [6.07, 6.45) is 1.07. The zero-order chi connectivity index (χ0) is 42.8. The van der Waals surface area contributed by atoms with Crippen LogP contribution >= 0.6 is 0 Å². The minimum Gasteiger partial charge on any atom is -0.351 e. The van der Waals surface area contributed by atoms with Gasteiger partial charge in [0.1, 0.15) is 27.5 Å². The Labute approximate surface area is 327 Å². The molecule has 5 rings (SSSR count). The first kappa shape index (κ1) is 43.3. The molecule has 0 fully saturated rings. The number of nitrogens with two attached hydrogens (primary N) is 1. The molecule has 0 spiro atoms. The molecule has 0 saturated carbocycles. The predicted molar refractivity (Wildman–Crippen MR) is 200 cm³/mol. The number of primary amides is 1. The van der Waals surface area contributed by atoms with Crippen molar-refractivity contribution in [3.8, 4) is 0 Å². The number of nitrogens with zero attached hydrogens (tertiary/aromatic N) is 5. The normalized spacial score (nSPS) is 12.8. The average molecular weight is 904 g/mol. The van der Waals surface area contributed by atoms with Gasteiger partial charge in [-0.1, -0.05) is 6.07 Å². The molecular weight excluding hydrogens is 879 g/mol. The number of rotatable bonds is 15. The monoisotopic (exact) mass is 903 g/mol. The van der Waals surface area contributed by atoms with Gasteiger partial charge < -0.3 is 21.7 Å². The molecule has 4 aromatic carbocycles. The second kappa shape index (κ2) is 16.2. The molecular formula is C28H25N9O16S5. The minimum absolute atomic E-state index is 0.0981. The highest BCUT2D eigenvalue weighted by Gasteiger charge is 2.25. The molecule has 1 aromatic heterocycles. The Balaban J connectivity index is 1.44. The lowest BCUT2D eigenvalue weighted by Gasteiger charge is -2.12. The Morgan fingerprint density at radius 1 is 0.690 bits per heavy atom. The van der Waals surface area contributed by atoms with E-state index in [1.165, 1.54) is 42.5 Å². The van der Waals surface area contributed by atoms with E-state index in [9.17, 15) is 60.5 Å². The van der Waals surface area contributed by atoms with Gasteiger partial charge in [-0.25, -0.2) is 27.4 Å². The topological polar surface area (TPSA) is 403 Å². The zero-order valence-electron chi connectivity index (χ0n) is 28.4. The van der Waals surface area contributed by atoms with Crippen molar-refractivity contribution in [2.45, 2.75) is 19.6 Å². The lowest BCUT2D eigenvalue weighted by molar-refractivity contribution is 0.259. The molecule has 58 heavy (non-hydrogen) atoms. The highest BCUT2D eigenvalue weighted by Crippen LogP contribution is 2.37. The first-order valence-electron chi connectivity index (χ1n) is 15.1. The summed E-state index contributed by atoms with van der Waals surface area (Å²) >= 11 is 0. The average Bonchev–Trinajstić information content (AvgIpc) is 3.08. The van der Waals surface area contributed by atoms with Crippen LogP contribution in [0.5, 0.6) is 0 Å². The van der Waals surface area contributed by atoms with Gasteiger partial charge in [0.2, 0.25) is 11.9 Å². The van der Waals surface area contributed by atoms with Crippen LogP contribution in [0.1, 0.15) is 0 Å². The van der Waals surface area contributed by atoms with Crippen LogP contribution in [-0.2, 0) is 54.8 Å². The van der Waals surface area contributed by atoms with Crippen LogP contribution in [0.25, 0.3) is 10.8 Å². The van der Waals surface area contributed by atoms with Crippen LogP contribution in [0.4, 0.5) is 45.1 Å². The van der Waals surface area contributed by atoms with E-state index in [1.807, 2.05) is 0 Å². The van der Waals surface area contributed by atoms with Gasteiger partial charge in [-0.3, -0.25) is 18.2 Å². The van der Waals surface area contributed by atoms with Crippen LogP contribution in [0.15, 0.2) is 103 Å². The van der Waals surface area contributed by atoms with Crippen molar-refractivity contribution in [3.63, 3.8) is 0 Å². The third-order valence-electron chi connectivity index (χ3n) is 7.20. The van der Waals surface area contributed by atoms with Crippen LogP contribution < -0.4 is 21.7 Å². The number of benzene rings is 4. The summed E-state index contributed by atoms with van der Waals surface area (Å²) < 4.78 is 161. The smallest absolute Gasteiger partial charge is 0.351 e. The molecule has 2 amide bonds. The van der Waals surface area contributed by atoms with Crippen LogP contribution in [0.2, 0.25) is 0 Å². The molecule has 0 radical (unpaired) electrons. The molecule has 0 bridgehead atoms. The van der Waals surface area contributed by atoms with Crippen LogP contribution in [0.3, 0.4) is 0 Å². The lowest BCUT2D eigenvalue weighted by atomic mass is 10.1. The lowest BCUT2D eigenvalue weighted by Crippen LogP contribution is -2.19. The quantitative estimate of drug-likeness (QED) is 0.0553. The molecule has 0 aliphatic carbocycles.